The molecule has 1 saturated heterocycles. The molecule has 6 atom stereocenters. The van der Waals surface area contributed by atoms with Crippen molar-refractivity contribution < 1.29 is 18.0 Å². The van der Waals surface area contributed by atoms with Crippen molar-refractivity contribution in [3.05, 3.63) is 0 Å². The number of rotatable bonds is 5. The van der Waals surface area contributed by atoms with E-state index < -0.39 is 36.5 Å². The minimum atomic E-state index is -1.63. The SMILES string of the molecule is CC(C)CN=C(NC(=O)C1CCC(F)C(F)C1)NC1NNC(C2CCC(Cl)CC2)C1F. The van der Waals surface area contributed by atoms with E-state index in [2.05, 4.69) is 26.5 Å². The lowest BCUT2D eigenvalue weighted by atomic mass is 9.82. The van der Waals surface area contributed by atoms with Crippen molar-refractivity contribution in [2.75, 3.05) is 6.54 Å². The summed E-state index contributed by atoms with van der Waals surface area (Å²) in [6.45, 7) is 4.40. The Morgan fingerprint density at radius 1 is 1.06 bits per heavy atom. The average molecular weight is 466 g/mol. The van der Waals surface area contributed by atoms with Gasteiger partial charge in [-0.05, 0) is 56.8 Å². The molecule has 0 bridgehead atoms. The van der Waals surface area contributed by atoms with Crippen LogP contribution in [0, 0.1) is 17.8 Å². The molecule has 1 aliphatic heterocycles. The van der Waals surface area contributed by atoms with Crippen molar-refractivity contribution in [3.63, 3.8) is 0 Å². The van der Waals surface area contributed by atoms with Crippen molar-refractivity contribution in [1.29, 1.82) is 0 Å². The molecule has 31 heavy (non-hydrogen) atoms. The molecule has 1 heterocycles. The fourth-order valence-corrected chi connectivity index (χ4v) is 4.81. The van der Waals surface area contributed by atoms with Gasteiger partial charge in [0, 0.05) is 17.8 Å². The number of hydrogen-bond acceptors (Lipinski definition) is 4. The third kappa shape index (κ3) is 6.71. The maximum absolute atomic E-state index is 15.2. The van der Waals surface area contributed by atoms with Crippen molar-refractivity contribution in [1.82, 2.24) is 21.5 Å². The largest absolute Gasteiger partial charge is 0.337 e. The Kier molecular flexibility index (Phi) is 8.87. The molecule has 1 amide bonds. The van der Waals surface area contributed by atoms with E-state index in [9.17, 15) is 13.6 Å². The number of guanidine groups is 1. The van der Waals surface area contributed by atoms with Crippen molar-refractivity contribution in [2.24, 2.45) is 22.7 Å². The number of nitrogens with zero attached hydrogens (tertiary/aromatic N) is 1. The van der Waals surface area contributed by atoms with Gasteiger partial charge in [-0.25, -0.2) is 24.0 Å². The fraction of sp³-hybridized carbons (Fsp3) is 0.905. The summed E-state index contributed by atoms with van der Waals surface area (Å²) in [5, 5.41) is 5.81. The second kappa shape index (κ2) is 11.2. The van der Waals surface area contributed by atoms with Crippen LogP contribution in [0.25, 0.3) is 0 Å². The van der Waals surface area contributed by atoms with Crippen molar-refractivity contribution in [3.8, 4) is 0 Å². The summed E-state index contributed by atoms with van der Waals surface area (Å²) in [5.74, 6) is -0.457. The molecule has 4 N–H and O–H groups in total. The van der Waals surface area contributed by atoms with Gasteiger partial charge in [0.2, 0.25) is 5.91 Å². The van der Waals surface area contributed by atoms with Gasteiger partial charge in [-0.3, -0.25) is 15.1 Å². The monoisotopic (exact) mass is 465 g/mol. The minimum Gasteiger partial charge on any atom is -0.337 e. The van der Waals surface area contributed by atoms with Crippen molar-refractivity contribution >= 4 is 23.5 Å². The first-order valence-electron chi connectivity index (χ1n) is 11.4. The topological polar surface area (TPSA) is 77.5 Å². The summed E-state index contributed by atoms with van der Waals surface area (Å²) in [5.41, 5.74) is 5.99. The zero-order valence-corrected chi connectivity index (χ0v) is 19.0. The predicted molar refractivity (Wildman–Crippen MR) is 116 cm³/mol. The fourth-order valence-electron chi connectivity index (χ4n) is 4.56. The van der Waals surface area contributed by atoms with Gasteiger partial charge in [-0.15, -0.1) is 11.6 Å². The molecule has 0 aromatic heterocycles. The van der Waals surface area contributed by atoms with E-state index in [-0.39, 0.29) is 48.5 Å². The summed E-state index contributed by atoms with van der Waals surface area (Å²) in [6, 6.07) is -0.351. The summed E-state index contributed by atoms with van der Waals surface area (Å²) in [4.78, 5) is 17.0. The highest BCUT2D eigenvalue weighted by molar-refractivity contribution is 6.20. The van der Waals surface area contributed by atoms with E-state index >= 15 is 4.39 Å². The van der Waals surface area contributed by atoms with E-state index in [1.807, 2.05) is 13.8 Å². The Labute approximate surface area is 187 Å². The number of carbonyl (C=O) groups is 1. The standard InChI is InChI=1S/C21H35ClF3N5O/c1-11(2)10-26-21(28-20(31)13-5-8-15(23)16(24)9-13)27-19-17(25)18(29-30-19)12-3-6-14(22)7-4-12/h11-19,29-30H,3-10H2,1-2H3,(H2,26,27,28,31). The number of nitrogens with one attached hydrogen (secondary N) is 4. The van der Waals surface area contributed by atoms with Crippen LogP contribution < -0.4 is 21.5 Å². The van der Waals surface area contributed by atoms with E-state index in [4.69, 9.17) is 11.6 Å². The van der Waals surface area contributed by atoms with Crippen LogP contribution in [0.5, 0.6) is 0 Å². The zero-order valence-electron chi connectivity index (χ0n) is 18.2. The van der Waals surface area contributed by atoms with Crippen LogP contribution in [0.15, 0.2) is 4.99 Å². The molecule has 0 radical (unpaired) electrons. The number of halogens is 4. The first kappa shape index (κ1) is 24.6. The number of hydrazine groups is 1. The number of aliphatic imine (C=N–C) groups is 1. The van der Waals surface area contributed by atoms with Crippen LogP contribution in [-0.2, 0) is 4.79 Å². The smallest absolute Gasteiger partial charge is 0.229 e. The molecular weight excluding hydrogens is 431 g/mol. The second-order valence-electron chi connectivity index (χ2n) is 9.51. The molecule has 3 fully saturated rings. The second-order valence-corrected chi connectivity index (χ2v) is 10.1. The highest BCUT2D eigenvalue weighted by Crippen LogP contribution is 2.33. The van der Waals surface area contributed by atoms with E-state index in [0.29, 0.717) is 6.54 Å². The Morgan fingerprint density at radius 3 is 2.42 bits per heavy atom. The Hall–Kier alpha value is -1.06. The Morgan fingerprint density at radius 2 is 1.77 bits per heavy atom. The van der Waals surface area contributed by atoms with E-state index in [1.54, 1.807) is 0 Å². The van der Waals surface area contributed by atoms with Crippen molar-refractivity contribution in [2.45, 2.75) is 94.9 Å². The van der Waals surface area contributed by atoms with Gasteiger partial charge in [0.15, 0.2) is 12.1 Å². The van der Waals surface area contributed by atoms with Crippen LogP contribution in [-0.4, -0.2) is 54.5 Å². The summed E-state index contributed by atoms with van der Waals surface area (Å²) in [7, 11) is 0. The highest BCUT2D eigenvalue weighted by Gasteiger charge is 2.42. The van der Waals surface area contributed by atoms with Crippen LogP contribution >= 0.6 is 11.6 Å². The number of hydrogen-bond donors (Lipinski definition) is 4. The van der Waals surface area contributed by atoms with Gasteiger partial charge in [0.1, 0.15) is 18.5 Å². The van der Waals surface area contributed by atoms with Gasteiger partial charge in [0.25, 0.3) is 0 Å². The van der Waals surface area contributed by atoms with Crippen LogP contribution in [0.3, 0.4) is 0 Å². The molecule has 6 nitrogen and oxygen atoms in total. The van der Waals surface area contributed by atoms with Crippen LogP contribution in [0.2, 0.25) is 0 Å². The number of alkyl halides is 4. The van der Waals surface area contributed by atoms with Gasteiger partial charge in [-0.2, -0.15) is 0 Å². The number of amides is 1. The normalized spacial score (nSPS) is 39.5. The summed E-state index contributed by atoms with van der Waals surface area (Å²) >= 11 is 6.17. The Balaban J connectivity index is 1.59. The van der Waals surface area contributed by atoms with E-state index in [0.717, 1.165) is 25.7 Å². The van der Waals surface area contributed by atoms with E-state index in [1.165, 1.54) is 0 Å². The molecule has 0 aromatic carbocycles. The quantitative estimate of drug-likeness (QED) is 0.286. The van der Waals surface area contributed by atoms with Gasteiger partial charge >= 0.3 is 0 Å². The van der Waals surface area contributed by atoms with Gasteiger partial charge < -0.3 is 5.32 Å². The van der Waals surface area contributed by atoms with Gasteiger partial charge in [0.05, 0.1) is 6.04 Å². The lowest BCUT2D eigenvalue weighted by Crippen LogP contribution is -2.54. The molecule has 2 saturated carbocycles. The summed E-state index contributed by atoms with van der Waals surface area (Å²) < 4.78 is 42.3. The van der Waals surface area contributed by atoms with Gasteiger partial charge in [-0.1, -0.05) is 13.8 Å². The zero-order chi connectivity index (χ0) is 22.5. The predicted octanol–water partition coefficient (Wildman–Crippen LogP) is 3.12. The van der Waals surface area contributed by atoms with Crippen LogP contribution in [0.4, 0.5) is 13.2 Å². The maximum atomic E-state index is 15.2. The maximum Gasteiger partial charge on any atom is 0.229 e. The molecule has 3 aliphatic rings. The number of carbonyl (C=O) groups excluding carboxylic acids is 1. The molecule has 3 rings (SSSR count). The lowest BCUT2D eigenvalue weighted by molar-refractivity contribution is -0.125. The minimum absolute atomic E-state index is 0.0258. The molecule has 178 valence electrons. The first-order chi connectivity index (χ1) is 14.7. The molecular formula is C21H35ClF3N5O. The molecule has 2 aliphatic carbocycles. The third-order valence-corrected chi connectivity index (χ3v) is 6.92. The highest BCUT2D eigenvalue weighted by atomic mass is 35.5. The van der Waals surface area contributed by atoms with Crippen LogP contribution in [0.1, 0.15) is 58.8 Å². The molecule has 6 unspecified atom stereocenters. The molecule has 0 spiro atoms. The first-order valence-corrected chi connectivity index (χ1v) is 11.9. The summed E-state index contributed by atoms with van der Waals surface area (Å²) in [6.07, 6.45) is -1.48. The Bertz CT molecular complexity index is 632. The third-order valence-electron chi connectivity index (χ3n) is 6.49. The molecule has 0 aromatic rings. The lowest BCUT2D eigenvalue weighted by Gasteiger charge is -2.30. The average Bonchev–Trinajstić information content (AvgIpc) is 3.09. The molecule has 10 heteroatoms.